The predicted molar refractivity (Wildman–Crippen MR) is 75.3 cm³/mol. The zero-order valence-corrected chi connectivity index (χ0v) is 11.4. The van der Waals surface area contributed by atoms with Crippen LogP contribution in [0.15, 0.2) is 24.4 Å². The molecule has 1 aromatic heterocycles. The average molecular weight is 244 g/mol. The summed E-state index contributed by atoms with van der Waals surface area (Å²) in [5.41, 5.74) is 3.19. The Morgan fingerprint density at radius 2 is 2.11 bits per heavy atom. The van der Waals surface area contributed by atoms with E-state index < -0.39 is 0 Å². The molecule has 0 bridgehead atoms. The highest BCUT2D eigenvalue weighted by atomic mass is 16.1. The number of nitrogens with zero attached hydrogens (tertiary/aromatic N) is 1. The van der Waals surface area contributed by atoms with E-state index in [2.05, 4.69) is 37.4 Å². The number of aromatic nitrogens is 1. The van der Waals surface area contributed by atoms with E-state index in [0.717, 1.165) is 16.5 Å². The van der Waals surface area contributed by atoms with E-state index in [0.29, 0.717) is 12.5 Å². The van der Waals surface area contributed by atoms with Crippen LogP contribution >= 0.6 is 0 Å². The number of ketones is 1. The van der Waals surface area contributed by atoms with E-state index in [1.807, 2.05) is 17.8 Å². The monoisotopic (exact) mass is 244 g/mol. The number of nitrogens with one attached hydrogen (secondary N) is 1. The van der Waals surface area contributed by atoms with Crippen LogP contribution in [0.4, 0.5) is 0 Å². The Morgan fingerprint density at radius 1 is 1.39 bits per heavy atom. The number of benzene rings is 1. The highest BCUT2D eigenvalue weighted by Gasteiger charge is 2.14. The molecule has 3 heteroatoms. The first-order chi connectivity index (χ1) is 8.54. The van der Waals surface area contributed by atoms with Gasteiger partial charge in [-0.15, -0.1) is 0 Å². The Bertz CT molecular complexity index is 581. The normalized spacial score (nSPS) is 11.4. The summed E-state index contributed by atoms with van der Waals surface area (Å²) >= 11 is 0. The molecule has 0 aliphatic heterocycles. The molecule has 0 fully saturated rings. The molecule has 0 saturated heterocycles. The third-order valence-electron chi connectivity index (χ3n) is 3.32. The molecule has 0 radical (unpaired) electrons. The lowest BCUT2D eigenvalue weighted by atomic mass is 9.99. The van der Waals surface area contributed by atoms with E-state index >= 15 is 0 Å². The van der Waals surface area contributed by atoms with Crippen LogP contribution in [0.3, 0.4) is 0 Å². The van der Waals surface area contributed by atoms with Crippen LogP contribution in [-0.4, -0.2) is 23.9 Å². The van der Waals surface area contributed by atoms with Crippen molar-refractivity contribution in [1.82, 2.24) is 9.88 Å². The molecule has 0 aliphatic rings. The minimum absolute atomic E-state index is 0.143. The third kappa shape index (κ3) is 2.18. The van der Waals surface area contributed by atoms with E-state index in [1.165, 1.54) is 5.56 Å². The minimum Gasteiger partial charge on any atom is -0.350 e. The molecule has 96 valence electrons. The fraction of sp³-hybridized carbons (Fsp3) is 0.400. The van der Waals surface area contributed by atoms with Gasteiger partial charge in [-0.1, -0.05) is 19.9 Å². The molecule has 2 aromatic rings. The van der Waals surface area contributed by atoms with Crippen molar-refractivity contribution in [1.29, 1.82) is 0 Å². The maximum atomic E-state index is 12.1. The van der Waals surface area contributed by atoms with E-state index in [-0.39, 0.29) is 5.78 Å². The summed E-state index contributed by atoms with van der Waals surface area (Å²) < 4.78 is 2.02. The first-order valence-corrected chi connectivity index (χ1v) is 6.31. The van der Waals surface area contributed by atoms with Crippen LogP contribution in [0.1, 0.15) is 35.7 Å². The predicted octanol–water partition coefficient (Wildman–Crippen LogP) is 2.70. The molecule has 18 heavy (non-hydrogen) atoms. The van der Waals surface area contributed by atoms with Crippen molar-refractivity contribution in [2.75, 3.05) is 13.6 Å². The number of hydrogen-bond donors (Lipinski definition) is 1. The van der Waals surface area contributed by atoms with Crippen molar-refractivity contribution in [2.45, 2.75) is 19.8 Å². The molecule has 0 spiro atoms. The first kappa shape index (κ1) is 12.8. The molecular formula is C15H20N2O. The lowest BCUT2D eigenvalue weighted by Crippen LogP contribution is -2.18. The standard InChI is InChI=1S/C15H20N2O/c1-10(2)11-5-6-14-12(7-11)13(9-17(14)4)15(18)8-16-3/h5-7,9-10,16H,8H2,1-4H3. The molecular weight excluding hydrogens is 224 g/mol. The van der Waals surface area contributed by atoms with Crippen molar-refractivity contribution in [2.24, 2.45) is 7.05 Å². The van der Waals surface area contributed by atoms with Gasteiger partial charge in [0, 0.05) is 29.7 Å². The van der Waals surface area contributed by atoms with Crippen LogP contribution in [0.5, 0.6) is 0 Å². The summed E-state index contributed by atoms with van der Waals surface area (Å²) in [4.78, 5) is 12.1. The second kappa shape index (κ2) is 4.94. The molecule has 2 rings (SSSR count). The lowest BCUT2D eigenvalue weighted by Gasteiger charge is -2.06. The molecule has 0 amide bonds. The zero-order valence-electron chi connectivity index (χ0n) is 11.4. The minimum atomic E-state index is 0.143. The first-order valence-electron chi connectivity index (χ1n) is 6.31. The number of fused-ring (bicyclic) bond motifs is 1. The van der Waals surface area contributed by atoms with Crippen molar-refractivity contribution in [3.05, 3.63) is 35.5 Å². The molecule has 1 aromatic carbocycles. The van der Waals surface area contributed by atoms with Crippen LogP contribution in [-0.2, 0) is 7.05 Å². The summed E-state index contributed by atoms with van der Waals surface area (Å²) in [7, 11) is 3.77. The molecule has 0 atom stereocenters. The second-order valence-electron chi connectivity index (χ2n) is 5.04. The largest absolute Gasteiger partial charge is 0.350 e. The van der Waals surface area contributed by atoms with E-state index in [4.69, 9.17) is 0 Å². The van der Waals surface area contributed by atoms with Crippen LogP contribution in [0.25, 0.3) is 10.9 Å². The van der Waals surface area contributed by atoms with Crippen LogP contribution in [0.2, 0.25) is 0 Å². The van der Waals surface area contributed by atoms with Crippen molar-refractivity contribution < 1.29 is 4.79 Å². The van der Waals surface area contributed by atoms with Gasteiger partial charge in [0.15, 0.2) is 5.78 Å². The van der Waals surface area contributed by atoms with Gasteiger partial charge in [0.1, 0.15) is 0 Å². The maximum absolute atomic E-state index is 12.1. The average Bonchev–Trinajstić information content (AvgIpc) is 2.67. The Labute approximate surface area is 108 Å². The van der Waals surface area contributed by atoms with Gasteiger partial charge in [0.25, 0.3) is 0 Å². The molecule has 1 N–H and O–H groups in total. The molecule has 1 heterocycles. The van der Waals surface area contributed by atoms with Gasteiger partial charge < -0.3 is 9.88 Å². The van der Waals surface area contributed by atoms with Gasteiger partial charge in [0.2, 0.25) is 0 Å². The SMILES string of the molecule is CNCC(=O)c1cn(C)c2ccc(C(C)C)cc12. The molecule has 0 saturated carbocycles. The Balaban J connectivity index is 2.59. The quantitative estimate of drug-likeness (QED) is 0.839. The summed E-state index contributed by atoms with van der Waals surface area (Å²) in [5.74, 6) is 0.617. The Kier molecular flexibility index (Phi) is 3.53. The number of rotatable bonds is 4. The van der Waals surface area contributed by atoms with Crippen LogP contribution in [0, 0.1) is 0 Å². The second-order valence-corrected chi connectivity index (χ2v) is 5.04. The van der Waals surface area contributed by atoms with E-state index in [9.17, 15) is 4.79 Å². The van der Waals surface area contributed by atoms with Gasteiger partial charge in [-0.25, -0.2) is 0 Å². The summed E-state index contributed by atoms with van der Waals surface area (Å²) in [6, 6.07) is 6.38. The summed E-state index contributed by atoms with van der Waals surface area (Å²) in [6.07, 6.45) is 1.93. The number of carbonyl (C=O) groups is 1. The Morgan fingerprint density at radius 3 is 2.72 bits per heavy atom. The topological polar surface area (TPSA) is 34.0 Å². The highest BCUT2D eigenvalue weighted by molar-refractivity contribution is 6.09. The third-order valence-corrected chi connectivity index (χ3v) is 3.32. The highest BCUT2D eigenvalue weighted by Crippen LogP contribution is 2.25. The lowest BCUT2D eigenvalue weighted by molar-refractivity contribution is 0.0995. The number of carbonyl (C=O) groups excluding carboxylic acids is 1. The molecule has 0 unspecified atom stereocenters. The van der Waals surface area contributed by atoms with Gasteiger partial charge in [-0.2, -0.15) is 0 Å². The fourth-order valence-electron chi connectivity index (χ4n) is 2.25. The van der Waals surface area contributed by atoms with Gasteiger partial charge >= 0.3 is 0 Å². The fourth-order valence-corrected chi connectivity index (χ4v) is 2.25. The van der Waals surface area contributed by atoms with Gasteiger partial charge in [0.05, 0.1) is 6.54 Å². The van der Waals surface area contributed by atoms with Gasteiger partial charge in [-0.3, -0.25) is 4.79 Å². The number of Topliss-reactive ketones (excluding diaryl/α,β-unsaturated/α-hetero) is 1. The van der Waals surface area contributed by atoms with Gasteiger partial charge in [-0.05, 0) is 30.7 Å². The summed E-state index contributed by atoms with van der Waals surface area (Å²) in [5, 5.41) is 3.98. The molecule has 0 aliphatic carbocycles. The smallest absolute Gasteiger partial charge is 0.178 e. The summed E-state index contributed by atoms with van der Waals surface area (Å²) in [6.45, 7) is 4.71. The van der Waals surface area contributed by atoms with Crippen LogP contribution < -0.4 is 5.32 Å². The van der Waals surface area contributed by atoms with E-state index in [1.54, 1.807) is 7.05 Å². The number of likely N-dealkylation sites (N-methyl/N-ethyl adjacent to an activating group) is 1. The van der Waals surface area contributed by atoms with Crippen molar-refractivity contribution in [3.63, 3.8) is 0 Å². The van der Waals surface area contributed by atoms with Crippen molar-refractivity contribution >= 4 is 16.7 Å². The molecule has 3 nitrogen and oxygen atoms in total. The maximum Gasteiger partial charge on any atom is 0.178 e. The number of hydrogen-bond acceptors (Lipinski definition) is 2. The Hall–Kier alpha value is -1.61. The van der Waals surface area contributed by atoms with Crippen molar-refractivity contribution in [3.8, 4) is 0 Å². The zero-order chi connectivity index (χ0) is 13.3. The number of aryl methyl sites for hydroxylation is 1.